The second kappa shape index (κ2) is 6.46. The number of aromatic nitrogens is 2. The van der Waals surface area contributed by atoms with Gasteiger partial charge in [-0.1, -0.05) is 27.7 Å². The smallest absolute Gasteiger partial charge is 0.131 e. The third-order valence-corrected chi connectivity index (χ3v) is 2.33. The lowest BCUT2D eigenvalue weighted by atomic mass is 10.1. The van der Waals surface area contributed by atoms with Gasteiger partial charge in [-0.05, 0) is 18.8 Å². The van der Waals surface area contributed by atoms with Gasteiger partial charge in [0, 0.05) is 24.7 Å². The van der Waals surface area contributed by atoms with Crippen LogP contribution in [0.1, 0.15) is 45.6 Å². The average Bonchev–Trinajstić information content (AvgIpc) is 2.25. The molecule has 0 saturated heterocycles. The van der Waals surface area contributed by atoms with Crippen LogP contribution in [0.2, 0.25) is 0 Å². The maximum Gasteiger partial charge on any atom is 0.131 e. The molecule has 1 aromatic heterocycles. The minimum Gasteiger partial charge on any atom is -0.370 e. The molecule has 3 heteroatoms. The number of nitrogens with zero attached hydrogens (tertiary/aromatic N) is 2. The minimum atomic E-state index is 0.603. The summed E-state index contributed by atoms with van der Waals surface area (Å²) >= 11 is 0. The van der Waals surface area contributed by atoms with Gasteiger partial charge in [-0.25, -0.2) is 9.97 Å². The molecule has 0 aliphatic rings. The van der Waals surface area contributed by atoms with Crippen LogP contribution >= 0.6 is 0 Å². The zero-order valence-corrected chi connectivity index (χ0v) is 10.9. The highest BCUT2D eigenvalue weighted by atomic mass is 15.0. The Kier molecular flexibility index (Phi) is 5.23. The maximum absolute atomic E-state index is 4.55. The van der Waals surface area contributed by atoms with Crippen molar-refractivity contribution in [1.82, 2.24) is 9.97 Å². The Morgan fingerprint density at radius 2 is 2.00 bits per heavy atom. The van der Waals surface area contributed by atoms with Crippen molar-refractivity contribution in [2.24, 2.45) is 5.92 Å². The van der Waals surface area contributed by atoms with Crippen LogP contribution in [0, 0.1) is 5.92 Å². The summed E-state index contributed by atoms with van der Waals surface area (Å²) in [5.41, 5.74) is 1.13. The van der Waals surface area contributed by atoms with Crippen LogP contribution < -0.4 is 5.32 Å². The first-order valence-corrected chi connectivity index (χ1v) is 6.26. The van der Waals surface area contributed by atoms with Crippen molar-refractivity contribution >= 4 is 5.82 Å². The van der Waals surface area contributed by atoms with Gasteiger partial charge in [-0.2, -0.15) is 0 Å². The Hall–Kier alpha value is -1.12. The molecule has 0 aromatic carbocycles. The molecule has 1 N–H and O–H groups in total. The largest absolute Gasteiger partial charge is 0.370 e. The van der Waals surface area contributed by atoms with Crippen molar-refractivity contribution in [2.45, 2.75) is 47.0 Å². The highest BCUT2D eigenvalue weighted by molar-refractivity contribution is 5.36. The van der Waals surface area contributed by atoms with Gasteiger partial charge in [0.05, 0.1) is 0 Å². The highest BCUT2D eigenvalue weighted by Crippen LogP contribution is 2.10. The van der Waals surface area contributed by atoms with Crippen molar-refractivity contribution in [1.29, 1.82) is 0 Å². The summed E-state index contributed by atoms with van der Waals surface area (Å²) in [5, 5.41) is 3.33. The highest BCUT2D eigenvalue weighted by Gasteiger charge is 2.05. The normalized spacial score (nSPS) is 10.8. The first-order chi connectivity index (χ1) is 7.65. The van der Waals surface area contributed by atoms with E-state index in [1.165, 1.54) is 0 Å². The van der Waals surface area contributed by atoms with E-state index in [0.717, 1.165) is 43.1 Å². The zero-order chi connectivity index (χ0) is 12.0. The van der Waals surface area contributed by atoms with E-state index in [1.807, 2.05) is 0 Å². The molecule has 0 unspecified atom stereocenters. The average molecular weight is 221 g/mol. The van der Waals surface area contributed by atoms with E-state index in [-0.39, 0.29) is 0 Å². The molecule has 0 saturated carbocycles. The van der Waals surface area contributed by atoms with Gasteiger partial charge in [0.15, 0.2) is 0 Å². The molecule has 0 amide bonds. The van der Waals surface area contributed by atoms with E-state index >= 15 is 0 Å². The lowest BCUT2D eigenvalue weighted by Crippen LogP contribution is -2.08. The van der Waals surface area contributed by atoms with E-state index in [1.54, 1.807) is 0 Å². The summed E-state index contributed by atoms with van der Waals surface area (Å²) in [6, 6.07) is 2.06. The predicted octanol–water partition coefficient (Wildman–Crippen LogP) is 3.06. The second-order valence-corrected chi connectivity index (χ2v) is 4.54. The van der Waals surface area contributed by atoms with Gasteiger partial charge in [-0.3, -0.25) is 0 Å². The molecule has 1 rings (SSSR count). The lowest BCUT2D eigenvalue weighted by molar-refractivity contribution is 0.618. The predicted molar refractivity (Wildman–Crippen MR) is 68.7 cm³/mol. The summed E-state index contributed by atoms with van der Waals surface area (Å²) in [4.78, 5) is 9.09. The fraction of sp³-hybridized carbons (Fsp3) is 0.692. The fourth-order valence-electron chi connectivity index (χ4n) is 1.53. The Morgan fingerprint density at radius 3 is 2.56 bits per heavy atom. The van der Waals surface area contributed by atoms with E-state index < -0.39 is 0 Å². The van der Waals surface area contributed by atoms with Crippen molar-refractivity contribution < 1.29 is 0 Å². The van der Waals surface area contributed by atoms with Gasteiger partial charge in [0.25, 0.3) is 0 Å². The molecule has 0 aliphatic carbocycles. The number of nitrogens with one attached hydrogen (secondary N) is 1. The molecular formula is C13H23N3. The molecular weight excluding hydrogens is 198 g/mol. The van der Waals surface area contributed by atoms with Crippen molar-refractivity contribution in [3.63, 3.8) is 0 Å². The van der Waals surface area contributed by atoms with Gasteiger partial charge >= 0.3 is 0 Å². The van der Waals surface area contributed by atoms with Gasteiger partial charge in [0.1, 0.15) is 11.6 Å². The Balaban J connectivity index is 2.82. The van der Waals surface area contributed by atoms with Gasteiger partial charge in [0.2, 0.25) is 0 Å². The quantitative estimate of drug-likeness (QED) is 0.802. The van der Waals surface area contributed by atoms with E-state index in [4.69, 9.17) is 0 Å². The molecule has 1 heterocycles. The molecule has 3 nitrogen and oxygen atoms in total. The van der Waals surface area contributed by atoms with Gasteiger partial charge in [-0.15, -0.1) is 0 Å². The van der Waals surface area contributed by atoms with Crippen LogP contribution in [0.3, 0.4) is 0 Å². The zero-order valence-electron chi connectivity index (χ0n) is 10.9. The second-order valence-electron chi connectivity index (χ2n) is 4.54. The summed E-state index contributed by atoms with van der Waals surface area (Å²) in [7, 11) is 0. The molecule has 0 fully saturated rings. The molecule has 0 bridgehead atoms. The minimum absolute atomic E-state index is 0.603. The van der Waals surface area contributed by atoms with Gasteiger partial charge < -0.3 is 5.32 Å². The van der Waals surface area contributed by atoms with E-state index in [0.29, 0.717) is 5.92 Å². The number of hydrogen-bond donors (Lipinski definition) is 1. The maximum atomic E-state index is 4.55. The molecule has 16 heavy (non-hydrogen) atoms. The third kappa shape index (κ3) is 4.17. The fourth-order valence-corrected chi connectivity index (χ4v) is 1.53. The van der Waals surface area contributed by atoms with E-state index in [9.17, 15) is 0 Å². The topological polar surface area (TPSA) is 37.8 Å². The third-order valence-electron chi connectivity index (χ3n) is 2.33. The molecule has 90 valence electrons. The van der Waals surface area contributed by atoms with Crippen LogP contribution in [-0.4, -0.2) is 16.5 Å². The van der Waals surface area contributed by atoms with Crippen molar-refractivity contribution in [2.75, 3.05) is 11.9 Å². The van der Waals surface area contributed by atoms with Crippen LogP contribution in [-0.2, 0) is 12.8 Å². The van der Waals surface area contributed by atoms with Crippen molar-refractivity contribution in [3.05, 3.63) is 17.6 Å². The van der Waals surface area contributed by atoms with Crippen molar-refractivity contribution in [3.8, 4) is 0 Å². The van der Waals surface area contributed by atoms with Crippen LogP contribution in [0.4, 0.5) is 5.82 Å². The first-order valence-electron chi connectivity index (χ1n) is 6.26. The SMILES string of the molecule is CCCNc1cc(CC)nc(CC(C)C)n1. The molecule has 0 aliphatic heterocycles. The van der Waals surface area contributed by atoms with Crippen LogP contribution in [0.5, 0.6) is 0 Å². The molecule has 0 atom stereocenters. The monoisotopic (exact) mass is 221 g/mol. The standard InChI is InChI=1S/C13H23N3/c1-5-7-14-12-9-11(6-2)15-13(16-12)8-10(3)4/h9-10H,5-8H2,1-4H3,(H,14,15,16). The number of anilines is 1. The molecule has 1 aromatic rings. The van der Waals surface area contributed by atoms with E-state index in [2.05, 4.69) is 49.0 Å². The first kappa shape index (κ1) is 12.9. The molecule has 0 radical (unpaired) electrons. The van der Waals surface area contributed by atoms with Crippen LogP contribution in [0.25, 0.3) is 0 Å². The lowest BCUT2D eigenvalue weighted by Gasteiger charge is -2.09. The number of hydrogen-bond acceptors (Lipinski definition) is 3. The summed E-state index contributed by atoms with van der Waals surface area (Å²) < 4.78 is 0. The summed E-state index contributed by atoms with van der Waals surface area (Å²) in [5.74, 6) is 2.54. The number of rotatable bonds is 6. The molecule has 0 spiro atoms. The van der Waals surface area contributed by atoms with Crippen LogP contribution in [0.15, 0.2) is 6.07 Å². The summed E-state index contributed by atoms with van der Waals surface area (Å²) in [6.45, 7) is 9.65. The Morgan fingerprint density at radius 1 is 1.25 bits per heavy atom. The number of aryl methyl sites for hydroxylation is 1. The Labute approximate surface area is 98.7 Å². The summed E-state index contributed by atoms with van der Waals surface area (Å²) in [6.07, 6.45) is 3.04. The Bertz CT molecular complexity index is 321.